The number of hydrogen-bond donors (Lipinski definition) is 7. The first kappa shape index (κ1) is 28.6. The number of aromatic hydroxyl groups is 1. The topological polar surface area (TPSA) is 211 Å². The van der Waals surface area contributed by atoms with E-state index in [0.717, 1.165) is 23.6 Å². The summed E-state index contributed by atoms with van der Waals surface area (Å²) in [6.07, 6.45) is 1.44. The molecular weight excluding hydrogens is 546 g/mol. The molecule has 0 bridgehead atoms. The standard InChI is InChI=1S/C30H37N11O2/c31-20-10-21(32)14-40(13-20)29-37-28(38-30(39-29)41-15-22(33)11-23(34)16-41)35-24-7-8-25(26(42)12-24)36-27(43)19-6-5-17-3-1-2-4-18(17)9-19/h1-9,12,20-23,42H,10-11,13-16,31-34H2,(H,36,43)(H,35,37,38,39)/t20-,21+,22-,23+. The Morgan fingerprint density at radius 3 is 1.91 bits per heavy atom. The van der Waals surface area contributed by atoms with Gasteiger partial charge in [0.2, 0.25) is 17.8 Å². The number of fused-ring (bicyclic) bond motifs is 1. The Balaban J connectivity index is 1.24. The molecule has 4 aromatic rings. The zero-order valence-corrected chi connectivity index (χ0v) is 23.7. The molecule has 3 aromatic carbocycles. The lowest BCUT2D eigenvalue weighted by Crippen LogP contribution is -2.54. The molecule has 3 heterocycles. The number of nitrogens with zero attached hydrogens (tertiary/aromatic N) is 5. The van der Waals surface area contributed by atoms with Crippen molar-refractivity contribution in [3.63, 3.8) is 0 Å². The number of anilines is 5. The number of hydrogen-bond acceptors (Lipinski definition) is 12. The number of phenolic OH excluding ortho intramolecular Hbond substituents is 1. The molecule has 43 heavy (non-hydrogen) atoms. The second-order valence-electron chi connectivity index (χ2n) is 11.5. The first-order valence-electron chi connectivity index (χ1n) is 14.4. The lowest BCUT2D eigenvalue weighted by molar-refractivity contribution is 0.102. The van der Waals surface area contributed by atoms with Gasteiger partial charge in [0.05, 0.1) is 5.69 Å². The van der Waals surface area contributed by atoms with E-state index >= 15 is 0 Å². The number of piperidine rings is 2. The molecule has 13 heteroatoms. The fourth-order valence-corrected chi connectivity index (χ4v) is 5.75. The van der Waals surface area contributed by atoms with Crippen molar-refractivity contribution in [2.75, 3.05) is 46.6 Å². The fraction of sp³-hybridized carbons (Fsp3) is 0.333. The Kier molecular flexibility index (Phi) is 7.95. The molecule has 2 fully saturated rings. The van der Waals surface area contributed by atoms with Crippen molar-refractivity contribution >= 4 is 45.9 Å². The summed E-state index contributed by atoms with van der Waals surface area (Å²) in [7, 11) is 0. The van der Waals surface area contributed by atoms with E-state index in [4.69, 9.17) is 27.9 Å². The van der Waals surface area contributed by atoms with Gasteiger partial charge in [-0.2, -0.15) is 15.0 Å². The molecule has 0 aliphatic carbocycles. The SMILES string of the molecule is N[C@@H]1C[C@H](N)CN(c2nc(Nc3ccc(NC(=O)c4ccc5ccccc5c4)c(O)c3)nc(N3C[C@H](N)C[C@H](N)C3)n2)C1. The second-order valence-corrected chi connectivity index (χ2v) is 11.5. The molecule has 11 N–H and O–H groups in total. The Hall–Kier alpha value is -4.56. The van der Waals surface area contributed by atoms with Gasteiger partial charge in [0.1, 0.15) is 5.75 Å². The van der Waals surface area contributed by atoms with E-state index in [1.807, 2.05) is 46.2 Å². The minimum atomic E-state index is -0.329. The number of benzene rings is 3. The van der Waals surface area contributed by atoms with Gasteiger partial charge < -0.3 is 48.5 Å². The third kappa shape index (κ3) is 6.60. The monoisotopic (exact) mass is 583 g/mol. The van der Waals surface area contributed by atoms with Gasteiger partial charge in [-0.3, -0.25) is 4.79 Å². The number of nitrogens with two attached hydrogens (primary N) is 4. The van der Waals surface area contributed by atoms with E-state index in [-0.39, 0.29) is 47.5 Å². The van der Waals surface area contributed by atoms with Crippen LogP contribution in [0.5, 0.6) is 5.75 Å². The molecule has 0 unspecified atom stereocenters. The van der Waals surface area contributed by atoms with Crippen LogP contribution in [0.15, 0.2) is 60.7 Å². The Morgan fingerprint density at radius 1 is 0.744 bits per heavy atom. The molecule has 4 atom stereocenters. The van der Waals surface area contributed by atoms with Crippen LogP contribution in [0.3, 0.4) is 0 Å². The van der Waals surface area contributed by atoms with Crippen LogP contribution < -0.4 is 43.4 Å². The number of carbonyl (C=O) groups is 1. The minimum absolute atomic E-state index is 0.105. The van der Waals surface area contributed by atoms with E-state index in [0.29, 0.717) is 49.3 Å². The third-order valence-electron chi connectivity index (χ3n) is 7.72. The quantitative estimate of drug-likeness (QED) is 0.161. The van der Waals surface area contributed by atoms with Crippen molar-refractivity contribution in [3.05, 3.63) is 66.2 Å². The summed E-state index contributed by atoms with van der Waals surface area (Å²) in [5.41, 5.74) is 26.3. The van der Waals surface area contributed by atoms with Gasteiger partial charge in [-0.1, -0.05) is 30.3 Å². The van der Waals surface area contributed by atoms with E-state index in [1.54, 1.807) is 18.2 Å². The van der Waals surface area contributed by atoms with E-state index in [1.165, 1.54) is 6.07 Å². The number of carbonyl (C=O) groups excluding carboxylic acids is 1. The summed E-state index contributed by atoms with van der Waals surface area (Å²) < 4.78 is 0. The highest BCUT2D eigenvalue weighted by molar-refractivity contribution is 6.07. The van der Waals surface area contributed by atoms with Crippen LogP contribution in [0.25, 0.3) is 10.8 Å². The van der Waals surface area contributed by atoms with Crippen molar-refractivity contribution in [1.82, 2.24) is 15.0 Å². The van der Waals surface area contributed by atoms with Crippen LogP contribution in [0.4, 0.5) is 29.2 Å². The zero-order chi connectivity index (χ0) is 30.1. The van der Waals surface area contributed by atoms with Crippen molar-refractivity contribution < 1.29 is 9.90 Å². The molecule has 0 saturated carbocycles. The number of nitrogens with one attached hydrogen (secondary N) is 2. The van der Waals surface area contributed by atoms with Gasteiger partial charge in [-0.05, 0) is 47.9 Å². The average Bonchev–Trinajstić information content (AvgIpc) is 2.97. The van der Waals surface area contributed by atoms with Gasteiger partial charge in [0.15, 0.2) is 0 Å². The number of phenols is 1. The van der Waals surface area contributed by atoms with Gasteiger partial charge >= 0.3 is 0 Å². The van der Waals surface area contributed by atoms with Crippen LogP contribution in [-0.2, 0) is 0 Å². The molecule has 1 aromatic heterocycles. The number of amides is 1. The molecule has 13 nitrogen and oxygen atoms in total. The van der Waals surface area contributed by atoms with Crippen molar-refractivity contribution in [3.8, 4) is 5.75 Å². The second kappa shape index (κ2) is 12.0. The van der Waals surface area contributed by atoms with Gasteiger partial charge in [0, 0.05) is 67.7 Å². The summed E-state index contributed by atoms with van der Waals surface area (Å²) in [6, 6.07) is 17.7. The predicted molar refractivity (Wildman–Crippen MR) is 169 cm³/mol. The zero-order valence-electron chi connectivity index (χ0n) is 23.7. The Bertz CT molecular complexity index is 1570. The minimum Gasteiger partial charge on any atom is -0.506 e. The maximum atomic E-state index is 12.9. The summed E-state index contributed by atoms with van der Waals surface area (Å²) in [5.74, 6) is 0.704. The van der Waals surface area contributed by atoms with Crippen LogP contribution in [-0.4, -0.2) is 76.3 Å². The van der Waals surface area contributed by atoms with Gasteiger partial charge in [0.25, 0.3) is 5.91 Å². The Morgan fingerprint density at radius 2 is 1.33 bits per heavy atom. The summed E-state index contributed by atoms with van der Waals surface area (Å²) in [5, 5.41) is 18.7. The fourth-order valence-electron chi connectivity index (χ4n) is 5.75. The lowest BCUT2D eigenvalue weighted by Gasteiger charge is -2.37. The molecule has 224 valence electrons. The van der Waals surface area contributed by atoms with Crippen molar-refractivity contribution in [2.45, 2.75) is 37.0 Å². The number of rotatable bonds is 6. The average molecular weight is 584 g/mol. The highest BCUT2D eigenvalue weighted by Gasteiger charge is 2.29. The van der Waals surface area contributed by atoms with Crippen LogP contribution >= 0.6 is 0 Å². The largest absolute Gasteiger partial charge is 0.506 e. The molecule has 2 aliphatic rings. The highest BCUT2D eigenvalue weighted by Crippen LogP contribution is 2.30. The summed E-state index contributed by atoms with van der Waals surface area (Å²) >= 11 is 0. The van der Waals surface area contributed by atoms with E-state index in [9.17, 15) is 9.90 Å². The molecular formula is C30H37N11O2. The molecule has 0 spiro atoms. The molecule has 2 saturated heterocycles. The third-order valence-corrected chi connectivity index (χ3v) is 7.72. The smallest absolute Gasteiger partial charge is 0.255 e. The van der Waals surface area contributed by atoms with E-state index < -0.39 is 0 Å². The molecule has 6 rings (SSSR count). The van der Waals surface area contributed by atoms with Crippen molar-refractivity contribution in [1.29, 1.82) is 0 Å². The van der Waals surface area contributed by atoms with Crippen LogP contribution in [0.1, 0.15) is 23.2 Å². The first-order valence-corrected chi connectivity index (χ1v) is 14.4. The maximum absolute atomic E-state index is 12.9. The first-order chi connectivity index (χ1) is 20.7. The van der Waals surface area contributed by atoms with Crippen LogP contribution in [0, 0.1) is 0 Å². The van der Waals surface area contributed by atoms with E-state index in [2.05, 4.69) is 20.6 Å². The molecule has 1 amide bonds. The molecule has 2 aliphatic heterocycles. The van der Waals surface area contributed by atoms with Gasteiger partial charge in [-0.15, -0.1) is 0 Å². The summed E-state index contributed by atoms with van der Waals surface area (Å²) in [4.78, 5) is 30.9. The Labute approximate surface area is 249 Å². The lowest BCUT2D eigenvalue weighted by atomic mass is 10.0. The molecule has 0 radical (unpaired) electrons. The summed E-state index contributed by atoms with van der Waals surface area (Å²) in [6.45, 7) is 2.23. The maximum Gasteiger partial charge on any atom is 0.255 e. The van der Waals surface area contributed by atoms with Crippen molar-refractivity contribution in [2.24, 2.45) is 22.9 Å². The van der Waals surface area contributed by atoms with Crippen LogP contribution in [0.2, 0.25) is 0 Å². The predicted octanol–water partition coefficient (Wildman–Crippen LogP) is 1.46. The normalized spacial score (nSPS) is 22.4. The highest BCUT2D eigenvalue weighted by atomic mass is 16.3. The van der Waals surface area contributed by atoms with Gasteiger partial charge in [-0.25, -0.2) is 0 Å². The number of aromatic nitrogens is 3.